The van der Waals surface area contributed by atoms with Crippen LogP contribution in [0.15, 0.2) is 83.0 Å². The van der Waals surface area contributed by atoms with Gasteiger partial charge in [-0.15, -0.1) is 0 Å². The fourth-order valence-corrected chi connectivity index (χ4v) is 10.7. The summed E-state index contributed by atoms with van der Waals surface area (Å²) in [6, 6.07) is 13.8. The summed E-state index contributed by atoms with van der Waals surface area (Å²) in [5, 5.41) is 0. The molecule has 0 saturated carbocycles. The van der Waals surface area contributed by atoms with Gasteiger partial charge in [0.2, 0.25) is 0 Å². The average molecular weight is 894 g/mol. The predicted octanol–water partition coefficient (Wildman–Crippen LogP) is 3.73. The van der Waals surface area contributed by atoms with E-state index in [4.69, 9.17) is 38.0 Å². The largest absolute Gasteiger partial charge is 0.756 e. The van der Waals surface area contributed by atoms with Crippen molar-refractivity contribution in [3.8, 4) is 5.75 Å². The van der Waals surface area contributed by atoms with E-state index >= 15 is 8.78 Å². The lowest BCUT2D eigenvalue weighted by atomic mass is 10.1. The number of aromatic nitrogens is 6. The van der Waals surface area contributed by atoms with Gasteiger partial charge in [-0.05, 0) is 48.1 Å². The van der Waals surface area contributed by atoms with Gasteiger partial charge in [0.1, 0.15) is 42.0 Å². The Hall–Kier alpha value is -4.80. The SMILES string of the molecule is Cc1ccc(C(=O)Oc2ccc(CSP3(=O)OC[C@H]4O[C@@H](n5cnc6c(N)ncnc65)[C@H](F)[C@@H]4OP(=O)([O-])OC[C@H]4O[C@@H](n5ccc(=O)[nH]c5=O)[C@H](O3)[C@@H]4F)cc2)cc1.[CH3+]. The van der Waals surface area contributed by atoms with Crippen LogP contribution in [0.1, 0.15) is 33.9 Å². The maximum absolute atomic E-state index is 16.3. The summed E-state index contributed by atoms with van der Waals surface area (Å²) in [4.78, 5) is 64.5. The number of carbonyl (C=O) groups is 1. The zero-order valence-electron chi connectivity index (χ0n) is 31.3. The summed E-state index contributed by atoms with van der Waals surface area (Å²) in [7, 11) is -5.51. The third-order valence-electron chi connectivity index (χ3n) is 9.42. The number of nitrogen functional groups attached to an aromatic ring is 1. The van der Waals surface area contributed by atoms with Gasteiger partial charge in [-0.25, -0.2) is 37.9 Å². The number of hydrogen-bond acceptors (Lipinski definition) is 18. The highest BCUT2D eigenvalue weighted by molar-refractivity contribution is 8.54. The Morgan fingerprint density at radius 1 is 0.933 bits per heavy atom. The molecule has 0 aliphatic carbocycles. The molecular weight excluding hydrogens is 858 g/mol. The molecule has 6 heterocycles. The van der Waals surface area contributed by atoms with Crippen molar-refractivity contribution in [1.82, 2.24) is 29.1 Å². The summed E-state index contributed by atoms with van der Waals surface area (Å²) in [6.45, 7) is -4.74. The summed E-state index contributed by atoms with van der Waals surface area (Å²) in [6.07, 6.45) is -12.1. The third-order valence-corrected chi connectivity index (χ3v) is 14.0. The van der Waals surface area contributed by atoms with Gasteiger partial charge in [-0.1, -0.05) is 29.8 Å². The van der Waals surface area contributed by atoms with E-state index in [0.29, 0.717) is 22.5 Å². The number of phosphoric ester groups is 1. The summed E-state index contributed by atoms with van der Waals surface area (Å²) in [5.74, 6) is -0.559. The van der Waals surface area contributed by atoms with Crippen LogP contribution in [0.2, 0.25) is 0 Å². The Kier molecular flexibility index (Phi) is 12.5. The number of aromatic amines is 1. The Morgan fingerprint density at radius 2 is 1.65 bits per heavy atom. The van der Waals surface area contributed by atoms with Crippen molar-refractivity contribution < 1.29 is 59.9 Å². The molecule has 2 aromatic carbocycles. The maximum Gasteiger partial charge on any atom is 0.390 e. The Balaban J connectivity index is 0.00000544. The van der Waals surface area contributed by atoms with Crippen molar-refractivity contribution in [3.63, 3.8) is 0 Å². The van der Waals surface area contributed by atoms with Gasteiger partial charge in [0.05, 0.1) is 25.1 Å². The Labute approximate surface area is 342 Å². The number of aryl methyl sites for hydroxylation is 1. The van der Waals surface area contributed by atoms with Gasteiger partial charge in [-0.3, -0.25) is 32.5 Å². The molecule has 3 saturated heterocycles. The van der Waals surface area contributed by atoms with Gasteiger partial charge in [0, 0.05) is 25.4 Å². The quantitative estimate of drug-likeness (QED) is 0.102. The maximum atomic E-state index is 16.3. The van der Waals surface area contributed by atoms with E-state index in [-0.39, 0.29) is 35.9 Å². The molecule has 0 amide bonds. The number of carbonyl (C=O) groups excluding carboxylic acids is 1. The molecule has 318 valence electrons. The van der Waals surface area contributed by atoms with E-state index in [1.807, 2.05) is 11.9 Å². The molecule has 3 aliphatic rings. The molecule has 2 bridgehead atoms. The van der Waals surface area contributed by atoms with Gasteiger partial charge in [0.15, 0.2) is 36.3 Å². The molecule has 3 N–H and O–H groups in total. The van der Waals surface area contributed by atoms with Crippen LogP contribution in [-0.4, -0.2) is 85.0 Å². The van der Waals surface area contributed by atoms with Crippen molar-refractivity contribution in [2.75, 3.05) is 18.9 Å². The van der Waals surface area contributed by atoms with Crippen molar-refractivity contribution in [3.05, 3.63) is 118 Å². The highest BCUT2D eigenvalue weighted by Crippen LogP contribution is 2.65. The van der Waals surface area contributed by atoms with E-state index in [1.54, 1.807) is 36.4 Å². The minimum Gasteiger partial charge on any atom is -0.756 e. The van der Waals surface area contributed by atoms with Crippen LogP contribution in [0.5, 0.6) is 5.75 Å². The molecule has 0 radical (unpaired) electrons. The second kappa shape index (κ2) is 17.3. The topological polar surface area (TPSA) is 263 Å². The first-order valence-corrected chi connectivity index (χ1v) is 22.2. The molecule has 20 nitrogen and oxygen atoms in total. The number of rotatable bonds is 7. The number of alkyl halides is 2. The molecule has 10 atom stereocenters. The number of nitrogens with one attached hydrogen (secondary N) is 1. The number of anilines is 1. The van der Waals surface area contributed by atoms with Gasteiger partial charge in [-0.2, -0.15) is 0 Å². The number of benzene rings is 2. The van der Waals surface area contributed by atoms with E-state index in [1.165, 1.54) is 12.1 Å². The van der Waals surface area contributed by atoms with Crippen molar-refractivity contribution in [2.24, 2.45) is 0 Å². The molecule has 60 heavy (non-hydrogen) atoms. The smallest absolute Gasteiger partial charge is 0.390 e. The average Bonchev–Trinajstić information content (AvgIpc) is 3.86. The number of H-pyrrole nitrogens is 1. The second-order valence-corrected chi connectivity index (χ2v) is 18.8. The molecule has 0 spiro atoms. The zero-order chi connectivity index (χ0) is 41.6. The molecule has 3 aliphatic heterocycles. The minimum absolute atomic E-state index is 0. The van der Waals surface area contributed by atoms with Gasteiger partial charge < -0.3 is 33.9 Å². The van der Waals surface area contributed by atoms with Crippen LogP contribution in [0.3, 0.4) is 0 Å². The first-order chi connectivity index (χ1) is 28.2. The highest BCUT2D eigenvalue weighted by atomic mass is 32.7. The fourth-order valence-electron chi connectivity index (χ4n) is 6.45. The molecule has 8 rings (SSSR count). The van der Waals surface area contributed by atoms with Crippen LogP contribution in [0.4, 0.5) is 14.6 Å². The number of halogens is 2. The van der Waals surface area contributed by atoms with Crippen molar-refractivity contribution in [1.29, 1.82) is 0 Å². The van der Waals surface area contributed by atoms with Gasteiger partial charge in [0.25, 0.3) is 13.4 Å². The summed E-state index contributed by atoms with van der Waals surface area (Å²) < 4.78 is 101. The number of hydrogen-bond donors (Lipinski definition) is 2. The van der Waals surface area contributed by atoms with E-state index < -0.39 is 94.3 Å². The Bertz CT molecular complexity index is 2580. The second-order valence-electron chi connectivity index (χ2n) is 13.4. The minimum atomic E-state index is -5.51. The monoisotopic (exact) mass is 893 g/mol. The summed E-state index contributed by atoms with van der Waals surface area (Å²) >= 11 is 0.559. The van der Waals surface area contributed by atoms with Crippen LogP contribution < -0.4 is 26.6 Å². The molecule has 3 aromatic heterocycles. The number of nitrogens with zero attached hydrogens (tertiary/aromatic N) is 5. The zero-order valence-corrected chi connectivity index (χ0v) is 34.0. The molecule has 3 fully saturated rings. The van der Waals surface area contributed by atoms with Crippen molar-refractivity contribution in [2.45, 2.75) is 61.9 Å². The lowest BCUT2D eigenvalue weighted by molar-refractivity contribution is -0.235. The Morgan fingerprint density at radius 3 is 2.38 bits per heavy atom. The third kappa shape index (κ3) is 8.96. The van der Waals surface area contributed by atoms with E-state index in [9.17, 15) is 28.4 Å². The highest BCUT2D eigenvalue weighted by Gasteiger charge is 2.54. The lowest BCUT2D eigenvalue weighted by Gasteiger charge is -2.30. The number of ether oxygens (including phenoxy) is 3. The number of fused-ring (bicyclic) bond motifs is 4. The standard InChI is InChI=1S/C34H33F2N7O13P2S.CH3/c1-17-2-6-19(7-3-17)33(45)52-20-8-4-18(5-9-20)14-59-58(49)51-13-22-27(25(36)31(54-22)43-16-40-26-29(37)38-15-39-30(26)43)55-57(47,48)50-12-21-24(35)28(56-58)32(53-21)42-11-10-23(44)41-34(42)46;/h2-11,15-16,21-22,24-25,27-28,31-32H,12-14H2,1H3,(H,47,48)(H2,37,38,39)(H,41,44,46);1H3/q;+1/p-1/t21-,22-,24-,25-,27-,28-,31-,32-,58?;/m1./s1. The molecule has 25 heteroatoms. The molecule has 2 unspecified atom stereocenters. The number of imidazole rings is 1. The number of nitrogens with two attached hydrogens (primary N) is 1. The molecular formula is C35H35F2N7O13P2S. The normalized spacial score (nSPS) is 30.7. The first-order valence-electron chi connectivity index (χ1n) is 17.6. The van der Waals surface area contributed by atoms with Crippen LogP contribution >= 0.6 is 26.0 Å². The molecule has 5 aromatic rings. The summed E-state index contributed by atoms with van der Waals surface area (Å²) in [5.41, 5.74) is 5.96. The predicted molar refractivity (Wildman–Crippen MR) is 206 cm³/mol. The van der Waals surface area contributed by atoms with Crippen LogP contribution in [-0.2, 0) is 42.5 Å². The fraction of sp³-hybridized carbons (Fsp3) is 0.343. The van der Waals surface area contributed by atoms with Gasteiger partial charge >= 0.3 is 18.5 Å². The number of esters is 1. The van der Waals surface area contributed by atoms with E-state index in [0.717, 1.165) is 39.6 Å². The van der Waals surface area contributed by atoms with Crippen molar-refractivity contribution >= 4 is 49.0 Å². The first kappa shape index (κ1) is 43.3. The lowest BCUT2D eigenvalue weighted by Crippen LogP contribution is -2.37. The van der Waals surface area contributed by atoms with Crippen LogP contribution in [0, 0.1) is 14.4 Å². The van der Waals surface area contributed by atoms with E-state index in [2.05, 4.69) is 15.0 Å². The number of phosphoric acid groups is 1. The van der Waals surface area contributed by atoms with Crippen LogP contribution in [0.25, 0.3) is 11.2 Å².